The fourth-order valence-electron chi connectivity index (χ4n) is 1.63. The first-order valence-electron chi connectivity index (χ1n) is 6.22. The molecule has 1 aromatic rings. The van der Waals surface area contributed by atoms with Crippen LogP contribution < -0.4 is 5.32 Å². The van der Waals surface area contributed by atoms with Gasteiger partial charge in [0.15, 0.2) is 0 Å². The highest BCUT2D eigenvalue weighted by Crippen LogP contribution is 2.16. The molecule has 2 heteroatoms. The van der Waals surface area contributed by atoms with Crippen LogP contribution in [0.1, 0.15) is 25.5 Å². The molecule has 1 atom stereocenters. The molecule has 1 rings (SSSR count). The van der Waals surface area contributed by atoms with E-state index in [1.165, 1.54) is 5.56 Å². The summed E-state index contributed by atoms with van der Waals surface area (Å²) >= 11 is 0. The molecule has 0 aliphatic heterocycles. The average Bonchev–Trinajstić information content (AvgIpc) is 2.34. The molecule has 0 aromatic heterocycles. The first-order valence-corrected chi connectivity index (χ1v) is 6.22. The van der Waals surface area contributed by atoms with Crippen LogP contribution in [0.2, 0.25) is 0 Å². The minimum Gasteiger partial charge on any atom is -0.368 e. The summed E-state index contributed by atoms with van der Waals surface area (Å²) in [5, 5.41) is 3.43. The van der Waals surface area contributed by atoms with Gasteiger partial charge < -0.3 is 10.1 Å². The minimum absolute atomic E-state index is 0.105. The lowest BCUT2D eigenvalue weighted by molar-refractivity contribution is 0.0734. The summed E-state index contributed by atoms with van der Waals surface area (Å²) in [5.74, 6) is 0.658. The fourth-order valence-corrected chi connectivity index (χ4v) is 1.63. The number of nitrogens with one attached hydrogen (secondary N) is 1. The van der Waals surface area contributed by atoms with Gasteiger partial charge in [-0.25, -0.2) is 0 Å². The summed E-state index contributed by atoms with van der Waals surface area (Å²) in [7, 11) is 0. The van der Waals surface area contributed by atoms with Gasteiger partial charge in [-0.2, -0.15) is 0 Å². The van der Waals surface area contributed by atoms with Gasteiger partial charge in [0.1, 0.15) is 0 Å². The Morgan fingerprint density at radius 1 is 1.24 bits per heavy atom. The zero-order chi connectivity index (χ0) is 12.5. The van der Waals surface area contributed by atoms with Crippen molar-refractivity contribution < 1.29 is 4.74 Å². The number of ether oxygens (including phenoxy) is 1. The van der Waals surface area contributed by atoms with Gasteiger partial charge in [-0.05, 0) is 18.0 Å². The van der Waals surface area contributed by atoms with Gasteiger partial charge in [0, 0.05) is 6.54 Å². The van der Waals surface area contributed by atoms with Crippen LogP contribution >= 0.6 is 0 Å². The van der Waals surface area contributed by atoms with E-state index in [2.05, 4.69) is 37.9 Å². The molecule has 0 radical (unpaired) electrons. The molecule has 0 heterocycles. The molecule has 17 heavy (non-hydrogen) atoms. The molecular weight excluding hydrogens is 210 g/mol. The summed E-state index contributed by atoms with van der Waals surface area (Å²) in [6.45, 7) is 10.5. The third-order valence-electron chi connectivity index (χ3n) is 2.47. The lowest BCUT2D eigenvalue weighted by Gasteiger charge is -2.19. The first kappa shape index (κ1) is 13.9. The predicted octanol–water partition coefficient (Wildman–Crippen LogP) is 3.18. The molecule has 0 spiro atoms. The maximum absolute atomic E-state index is 5.78. The molecule has 0 saturated carbocycles. The summed E-state index contributed by atoms with van der Waals surface area (Å²) in [4.78, 5) is 0. The highest BCUT2D eigenvalue weighted by molar-refractivity contribution is 5.18. The predicted molar refractivity (Wildman–Crippen MR) is 73.0 cm³/mol. The summed E-state index contributed by atoms with van der Waals surface area (Å²) in [6, 6.07) is 10.3. The Morgan fingerprint density at radius 2 is 1.94 bits per heavy atom. The maximum atomic E-state index is 5.78. The van der Waals surface area contributed by atoms with Crippen molar-refractivity contribution in [3.05, 3.63) is 48.6 Å². The van der Waals surface area contributed by atoms with E-state index in [1.54, 1.807) is 6.08 Å². The van der Waals surface area contributed by atoms with Crippen LogP contribution in [-0.2, 0) is 4.74 Å². The van der Waals surface area contributed by atoms with Crippen molar-refractivity contribution in [1.29, 1.82) is 0 Å². The normalized spacial score (nSPS) is 12.6. The van der Waals surface area contributed by atoms with Crippen LogP contribution in [0.5, 0.6) is 0 Å². The van der Waals surface area contributed by atoms with Crippen molar-refractivity contribution in [2.45, 2.75) is 20.0 Å². The Hall–Kier alpha value is -1.12. The zero-order valence-electron chi connectivity index (χ0n) is 10.9. The summed E-state index contributed by atoms with van der Waals surface area (Å²) in [6.07, 6.45) is 1.89. The number of hydrogen-bond donors (Lipinski definition) is 1. The van der Waals surface area contributed by atoms with Crippen LogP contribution in [0.25, 0.3) is 0 Å². The van der Waals surface area contributed by atoms with E-state index in [4.69, 9.17) is 4.74 Å². The molecule has 0 bridgehead atoms. The van der Waals surface area contributed by atoms with Gasteiger partial charge in [-0.1, -0.05) is 50.3 Å². The van der Waals surface area contributed by atoms with Crippen LogP contribution in [0.15, 0.2) is 43.0 Å². The van der Waals surface area contributed by atoms with Gasteiger partial charge in [0.25, 0.3) is 0 Å². The topological polar surface area (TPSA) is 21.3 Å². The van der Waals surface area contributed by atoms with E-state index in [-0.39, 0.29) is 6.10 Å². The van der Waals surface area contributed by atoms with Crippen molar-refractivity contribution in [3.63, 3.8) is 0 Å². The van der Waals surface area contributed by atoms with Crippen molar-refractivity contribution in [2.75, 3.05) is 19.7 Å². The molecule has 94 valence electrons. The minimum atomic E-state index is 0.105. The van der Waals surface area contributed by atoms with E-state index in [0.29, 0.717) is 12.5 Å². The SMILES string of the molecule is C=CCOC(CNCC(C)C)c1ccccc1. The summed E-state index contributed by atoms with van der Waals surface area (Å²) < 4.78 is 5.78. The smallest absolute Gasteiger partial charge is 0.0953 e. The van der Waals surface area contributed by atoms with Gasteiger partial charge in [0.05, 0.1) is 12.7 Å². The largest absolute Gasteiger partial charge is 0.368 e. The molecule has 1 unspecified atom stereocenters. The fraction of sp³-hybridized carbons (Fsp3) is 0.467. The third-order valence-corrected chi connectivity index (χ3v) is 2.47. The molecule has 0 fully saturated rings. The number of benzene rings is 1. The lowest BCUT2D eigenvalue weighted by atomic mass is 10.1. The van der Waals surface area contributed by atoms with Crippen molar-refractivity contribution in [3.8, 4) is 0 Å². The number of hydrogen-bond acceptors (Lipinski definition) is 2. The molecule has 1 N–H and O–H groups in total. The highest BCUT2D eigenvalue weighted by atomic mass is 16.5. The molecule has 0 aliphatic rings. The highest BCUT2D eigenvalue weighted by Gasteiger charge is 2.10. The Bertz CT molecular complexity index is 308. The second-order valence-corrected chi connectivity index (χ2v) is 4.57. The van der Waals surface area contributed by atoms with Gasteiger partial charge in [-0.15, -0.1) is 6.58 Å². The van der Waals surface area contributed by atoms with Crippen molar-refractivity contribution in [1.82, 2.24) is 5.32 Å². The second-order valence-electron chi connectivity index (χ2n) is 4.57. The monoisotopic (exact) mass is 233 g/mol. The molecule has 2 nitrogen and oxygen atoms in total. The van der Waals surface area contributed by atoms with E-state index in [1.807, 2.05) is 18.2 Å². The second kappa shape index (κ2) is 8.04. The molecule has 0 amide bonds. The van der Waals surface area contributed by atoms with Crippen molar-refractivity contribution in [2.24, 2.45) is 5.92 Å². The number of rotatable bonds is 8. The van der Waals surface area contributed by atoms with Crippen LogP contribution in [0.3, 0.4) is 0 Å². The maximum Gasteiger partial charge on any atom is 0.0953 e. The van der Waals surface area contributed by atoms with Crippen LogP contribution in [0, 0.1) is 5.92 Å². The molecular formula is C15H23NO. The van der Waals surface area contributed by atoms with Gasteiger partial charge in [-0.3, -0.25) is 0 Å². The summed E-state index contributed by atoms with van der Waals surface area (Å²) in [5.41, 5.74) is 1.21. The molecule has 0 aliphatic carbocycles. The molecule has 1 aromatic carbocycles. The first-order chi connectivity index (χ1) is 8.24. The van der Waals surface area contributed by atoms with E-state index in [9.17, 15) is 0 Å². The Kier molecular flexibility index (Phi) is 6.60. The standard InChI is InChI=1S/C15H23NO/c1-4-10-17-15(12-16-11-13(2)3)14-8-6-5-7-9-14/h4-9,13,15-16H,1,10-12H2,2-3H3. The van der Waals surface area contributed by atoms with Crippen LogP contribution in [-0.4, -0.2) is 19.7 Å². The Morgan fingerprint density at radius 3 is 2.53 bits per heavy atom. The quantitative estimate of drug-likeness (QED) is 0.696. The van der Waals surface area contributed by atoms with E-state index < -0.39 is 0 Å². The van der Waals surface area contributed by atoms with Gasteiger partial charge in [0.2, 0.25) is 0 Å². The van der Waals surface area contributed by atoms with E-state index >= 15 is 0 Å². The van der Waals surface area contributed by atoms with Crippen molar-refractivity contribution >= 4 is 0 Å². The Balaban J connectivity index is 2.51. The Labute approximate surface area is 105 Å². The lowest BCUT2D eigenvalue weighted by Crippen LogP contribution is -2.26. The zero-order valence-corrected chi connectivity index (χ0v) is 10.9. The van der Waals surface area contributed by atoms with Crippen LogP contribution in [0.4, 0.5) is 0 Å². The average molecular weight is 233 g/mol. The third kappa shape index (κ3) is 5.66. The van der Waals surface area contributed by atoms with Gasteiger partial charge >= 0.3 is 0 Å². The molecule has 0 saturated heterocycles. The van der Waals surface area contributed by atoms with E-state index in [0.717, 1.165) is 13.1 Å².